The third-order valence-electron chi connectivity index (χ3n) is 4.87. The van der Waals surface area contributed by atoms with E-state index >= 15 is 0 Å². The Kier molecular flexibility index (Phi) is 3.65. The summed E-state index contributed by atoms with van der Waals surface area (Å²) < 4.78 is 0. The van der Waals surface area contributed by atoms with Crippen molar-refractivity contribution < 1.29 is 4.79 Å². The normalized spacial score (nSPS) is 16.1. The molecule has 3 heterocycles. The average molecular weight is 320 g/mol. The summed E-state index contributed by atoms with van der Waals surface area (Å²) in [6.07, 6.45) is 4.59. The maximum absolute atomic E-state index is 13.0. The van der Waals surface area contributed by atoms with E-state index in [4.69, 9.17) is 0 Å². The highest BCUT2D eigenvalue weighted by atomic mass is 16.1. The van der Waals surface area contributed by atoms with Crippen molar-refractivity contribution in [2.24, 2.45) is 0 Å². The van der Waals surface area contributed by atoms with Crippen molar-refractivity contribution in [2.75, 3.05) is 6.54 Å². The largest absolute Gasteiger partial charge is 0.360 e. The molecule has 122 valence electrons. The molecule has 2 aromatic heterocycles. The number of carbonyl (C=O) groups is 1. The molecule has 1 aromatic carbocycles. The van der Waals surface area contributed by atoms with Gasteiger partial charge < -0.3 is 4.98 Å². The summed E-state index contributed by atoms with van der Waals surface area (Å²) >= 11 is 0. The minimum Gasteiger partial charge on any atom is -0.360 e. The number of nitrogens with one attached hydrogen (secondary N) is 1. The highest BCUT2D eigenvalue weighted by molar-refractivity contribution is 6.10. The maximum Gasteiger partial charge on any atom is 0.181 e. The van der Waals surface area contributed by atoms with Crippen LogP contribution in [-0.2, 0) is 13.0 Å². The maximum atomic E-state index is 13.0. The van der Waals surface area contributed by atoms with E-state index in [1.807, 2.05) is 50.5 Å². The molecule has 0 bridgehead atoms. The number of carbonyl (C=O) groups excluding carboxylic acids is 1. The second kappa shape index (κ2) is 5.83. The molecule has 0 amide bonds. The average Bonchev–Trinajstić information content (AvgIpc) is 3.04. The van der Waals surface area contributed by atoms with Crippen molar-refractivity contribution in [3.8, 4) is 0 Å². The van der Waals surface area contributed by atoms with Crippen LogP contribution in [0.4, 0.5) is 0 Å². The van der Waals surface area contributed by atoms with Crippen LogP contribution in [0.25, 0.3) is 10.9 Å². The first-order valence-corrected chi connectivity index (χ1v) is 8.29. The summed E-state index contributed by atoms with van der Waals surface area (Å²) in [6, 6.07) is 7.76. The zero-order chi connectivity index (χ0) is 16.7. The molecule has 0 radical (unpaired) electrons. The van der Waals surface area contributed by atoms with E-state index in [1.54, 1.807) is 0 Å². The van der Waals surface area contributed by atoms with Crippen LogP contribution in [0.15, 0.2) is 36.7 Å². The van der Waals surface area contributed by atoms with E-state index < -0.39 is 0 Å². The first kappa shape index (κ1) is 15.0. The number of benzene rings is 1. The monoisotopic (exact) mass is 320 g/mol. The van der Waals surface area contributed by atoms with Gasteiger partial charge in [0.25, 0.3) is 0 Å². The van der Waals surface area contributed by atoms with Crippen LogP contribution in [0, 0.1) is 6.92 Å². The molecule has 1 atom stereocenters. The Hall–Kier alpha value is -2.53. The number of hydrogen-bond acceptors (Lipinski definition) is 4. The fourth-order valence-corrected chi connectivity index (χ4v) is 3.43. The Labute approximate surface area is 140 Å². The Balaban J connectivity index is 1.59. The predicted octanol–water partition coefficient (Wildman–Crippen LogP) is 2.90. The Morgan fingerprint density at radius 3 is 3.04 bits per heavy atom. The first-order valence-electron chi connectivity index (χ1n) is 8.29. The van der Waals surface area contributed by atoms with E-state index in [-0.39, 0.29) is 11.8 Å². The summed E-state index contributed by atoms with van der Waals surface area (Å²) in [5.41, 5.74) is 4.01. The van der Waals surface area contributed by atoms with Gasteiger partial charge in [-0.2, -0.15) is 0 Å². The molecule has 0 aliphatic carbocycles. The quantitative estimate of drug-likeness (QED) is 0.754. The summed E-state index contributed by atoms with van der Waals surface area (Å²) in [7, 11) is 0. The van der Waals surface area contributed by atoms with Crippen LogP contribution < -0.4 is 0 Å². The van der Waals surface area contributed by atoms with E-state index in [1.165, 1.54) is 0 Å². The van der Waals surface area contributed by atoms with E-state index in [0.717, 1.165) is 53.1 Å². The molecule has 3 aromatic rings. The number of para-hydroxylation sites is 1. The molecule has 4 rings (SSSR count). The molecular weight excluding hydrogens is 300 g/mol. The number of aryl methyl sites for hydroxylation is 1. The number of ketones is 1. The molecule has 24 heavy (non-hydrogen) atoms. The minimum atomic E-state index is -0.168. The lowest BCUT2D eigenvalue weighted by molar-refractivity contribution is 0.0820. The van der Waals surface area contributed by atoms with Crippen LogP contribution in [0.5, 0.6) is 0 Å². The molecular formula is C19H20N4O. The predicted molar refractivity (Wildman–Crippen MR) is 93.0 cm³/mol. The lowest BCUT2D eigenvalue weighted by atomic mass is 10.00. The number of fused-ring (bicyclic) bond motifs is 2. The van der Waals surface area contributed by atoms with Crippen molar-refractivity contribution in [1.29, 1.82) is 0 Å². The van der Waals surface area contributed by atoms with Crippen LogP contribution in [-0.4, -0.2) is 38.2 Å². The van der Waals surface area contributed by atoms with Crippen LogP contribution in [0.3, 0.4) is 0 Å². The second-order valence-electron chi connectivity index (χ2n) is 6.40. The van der Waals surface area contributed by atoms with E-state index in [9.17, 15) is 4.79 Å². The van der Waals surface area contributed by atoms with Gasteiger partial charge in [-0.3, -0.25) is 9.69 Å². The molecule has 1 unspecified atom stereocenters. The van der Waals surface area contributed by atoms with Gasteiger partial charge in [-0.25, -0.2) is 9.97 Å². The number of aromatic amines is 1. The summed E-state index contributed by atoms with van der Waals surface area (Å²) in [4.78, 5) is 27.2. The standard InChI is InChI=1S/C19H20N4O/c1-12(19(24)16-10-21-18-6-4-3-5-15(16)18)23-8-7-17-14(11-23)9-20-13(2)22-17/h3-6,9-10,12,21H,7-8,11H2,1-2H3. The number of aromatic nitrogens is 3. The lowest BCUT2D eigenvalue weighted by Gasteiger charge is -2.32. The SMILES string of the molecule is Cc1ncc2c(n1)CCN(C(C)C(=O)c1c[nH]c3ccccc13)C2. The van der Waals surface area contributed by atoms with Crippen molar-refractivity contribution in [2.45, 2.75) is 32.9 Å². The zero-order valence-corrected chi connectivity index (χ0v) is 13.9. The molecule has 5 heteroatoms. The lowest BCUT2D eigenvalue weighted by Crippen LogP contribution is -2.42. The fraction of sp³-hybridized carbons (Fsp3) is 0.316. The Morgan fingerprint density at radius 2 is 2.17 bits per heavy atom. The number of H-pyrrole nitrogens is 1. The molecule has 0 saturated heterocycles. The van der Waals surface area contributed by atoms with Gasteiger partial charge in [-0.05, 0) is 19.9 Å². The number of nitrogens with zero attached hydrogens (tertiary/aromatic N) is 3. The van der Waals surface area contributed by atoms with Crippen molar-refractivity contribution in [3.05, 3.63) is 59.3 Å². The van der Waals surface area contributed by atoms with Gasteiger partial charge in [0.1, 0.15) is 5.82 Å². The summed E-state index contributed by atoms with van der Waals surface area (Å²) in [6.45, 7) is 5.48. The highest BCUT2D eigenvalue weighted by Crippen LogP contribution is 2.23. The van der Waals surface area contributed by atoms with Gasteiger partial charge in [0, 0.05) is 59.6 Å². The summed E-state index contributed by atoms with van der Waals surface area (Å²) in [5, 5.41) is 0.991. The Bertz CT molecular complexity index is 915. The molecule has 0 saturated carbocycles. The summed E-state index contributed by atoms with van der Waals surface area (Å²) in [5.74, 6) is 0.967. The Morgan fingerprint density at radius 1 is 1.33 bits per heavy atom. The van der Waals surface area contributed by atoms with Gasteiger partial charge in [0.05, 0.1) is 6.04 Å². The van der Waals surface area contributed by atoms with Crippen LogP contribution in [0.2, 0.25) is 0 Å². The zero-order valence-electron chi connectivity index (χ0n) is 13.9. The number of rotatable bonds is 3. The van der Waals surface area contributed by atoms with Gasteiger partial charge in [-0.1, -0.05) is 18.2 Å². The van der Waals surface area contributed by atoms with Crippen molar-refractivity contribution >= 4 is 16.7 Å². The second-order valence-corrected chi connectivity index (χ2v) is 6.40. The molecule has 1 N–H and O–H groups in total. The van der Waals surface area contributed by atoms with Crippen molar-refractivity contribution in [3.63, 3.8) is 0 Å². The molecule has 1 aliphatic heterocycles. The van der Waals surface area contributed by atoms with E-state index in [2.05, 4.69) is 19.9 Å². The highest BCUT2D eigenvalue weighted by Gasteiger charge is 2.28. The first-order chi connectivity index (χ1) is 11.6. The van der Waals surface area contributed by atoms with Gasteiger partial charge in [-0.15, -0.1) is 0 Å². The number of hydrogen-bond donors (Lipinski definition) is 1. The number of Topliss-reactive ketones (excluding diaryl/α,β-unsaturated/α-hetero) is 1. The van der Waals surface area contributed by atoms with Crippen LogP contribution in [0.1, 0.15) is 34.4 Å². The van der Waals surface area contributed by atoms with Gasteiger partial charge in [0.2, 0.25) is 0 Å². The smallest absolute Gasteiger partial charge is 0.181 e. The van der Waals surface area contributed by atoms with E-state index in [0.29, 0.717) is 0 Å². The third-order valence-corrected chi connectivity index (χ3v) is 4.87. The van der Waals surface area contributed by atoms with Crippen LogP contribution >= 0.6 is 0 Å². The molecule has 1 aliphatic rings. The fourth-order valence-electron chi connectivity index (χ4n) is 3.43. The molecule has 0 spiro atoms. The van der Waals surface area contributed by atoms with Gasteiger partial charge in [0.15, 0.2) is 5.78 Å². The minimum absolute atomic E-state index is 0.156. The van der Waals surface area contributed by atoms with Gasteiger partial charge >= 0.3 is 0 Å². The topological polar surface area (TPSA) is 61.9 Å². The van der Waals surface area contributed by atoms with Crippen molar-refractivity contribution in [1.82, 2.24) is 19.9 Å². The third kappa shape index (κ3) is 2.51. The molecule has 5 nitrogen and oxygen atoms in total. The molecule has 0 fully saturated rings.